The van der Waals surface area contributed by atoms with E-state index in [2.05, 4.69) is 42.5 Å². The molecule has 0 saturated carbocycles. The summed E-state index contributed by atoms with van der Waals surface area (Å²) < 4.78 is 0. The molecule has 0 bridgehead atoms. The first-order valence-corrected chi connectivity index (χ1v) is 19.5. The number of primary amides is 2. The number of amides is 10. The molecule has 0 aliphatic rings. The number of aliphatic hydroxyl groups is 2. The molecule has 0 radical (unpaired) electrons. The molecule has 0 aromatic carbocycles. The third-order valence-electron chi connectivity index (χ3n) is 8.74. The van der Waals surface area contributed by atoms with E-state index in [1.807, 2.05) is 0 Å². The summed E-state index contributed by atoms with van der Waals surface area (Å²) in [6, 6.07) is -12.4. The van der Waals surface area contributed by atoms with E-state index in [-0.39, 0.29) is 25.8 Å². The predicted molar refractivity (Wildman–Crippen MR) is 214 cm³/mol. The Hall–Kier alpha value is -6.52. The van der Waals surface area contributed by atoms with Gasteiger partial charge in [0.15, 0.2) is 6.04 Å². The molecule has 0 aliphatic carbocycles. The van der Waals surface area contributed by atoms with E-state index in [0.29, 0.717) is 12.8 Å². The highest BCUT2D eigenvalue weighted by molar-refractivity contribution is 5.98. The molecule has 0 aromatic heterocycles. The lowest BCUT2D eigenvalue weighted by Crippen LogP contribution is -2.60. The highest BCUT2D eigenvalue weighted by Crippen LogP contribution is 2.05. The molecule has 9 atom stereocenters. The third-order valence-corrected chi connectivity index (χ3v) is 8.74. The van der Waals surface area contributed by atoms with Crippen molar-refractivity contribution in [3.63, 3.8) is 0 Å². The van der Waals surface area contributed by atoms with E-state index >= 15 is 0 Å². The molecule has 0 spiro atoms. The van der Waals surface area contributed by atoms with Crippen molar-refractivity contribution < 1.29 is 78.0 Å². The zero-order valence-electron chi connectivity index (χ0n) is 35.0. The average Bonchev–Trinajstić information content (AvgIpc) is 3.19. The lowest BCUT2D eigenvalue weighted by Gasteiger charge is -2.26. The lowest BCUT2D eigenvalue weighted by atomic mass is 10.1. The first-order chi connectivity index (χ1) is 29.3. The maximum atomic E-state index is 13.2. The molecule has 0 rings (SSSR count). The fourth-order valence-corrected chi connectivity index (χ4v) is 5.15. The first-order valence-electron chi connectivity index (χ1n) is 19.5. The highest BCUT2D eigenvalue weighted by Gasteiger charge is 2.34. The second-order valence-electron chi connectivity index (χ2n) is 14.2. The average molecular weight is 905 g/mol. The van der Waals surface area contributed by atoms with Crippen molar-refractivity contribution >= 4 is 71.0 Å². The maximum absolute atomic E-state index is 13.2. The number of carboxylic acids is 2. The fraction of sp³-hybridized carbons (Fsp3) is 0.657. The van der Waals surface area contributed by atoms with Crippen molar-refractivity contribution in [3.8, 4) is 0 Å². The van der Waals surface area contributed by atoms with Gasteiger partial charge in [0.2, 0.25) is 59.1 Å². The van der Waals surface area contributed by atoms with Gasteiger partial charge in [0.1, 0.15) is 36.3 Å². The van der Waals surface area contributed by atoms with E-state index in [4.69, 9.17) is 22.9 Å². The van der Waals surface area contributed by atoms with Crippen LogP contribution in [-0.2, 0) is 57.5 Å². The zero-order valence-corrected chi connectivity index (χ0v) is 35.0. The Morgan fingerprint density at radius 3 is 1.59 bits per heavy atom. The summed E-state index contributed by atoms with van der Waals surface area (Å²) in [6.07, 6.45) is -3.29. The predicted octanol–water partition coefficient (Wildman–Crippen LogP) is -8.54. The van der Waals surface area contributed by atoms with Gasteiger partial charge in [0.05, 0.1) is 31.7 Å². The zero-order chi connectivity index (χ0) is 48.6. The van der Waals surface area contributed by atoms with Gasteiger partial charge in [-0.3, -0.25) is 52.7 Å². The van der Waals surface area contributed by atoms with Crippen molar-refractivity contribution in [2.24, 2.45) is 22.9 Å². The fourth-order valence-electron chi connectivity index (χ4n) is 5.15. The van der Waals surface area contributed by atoms with E-state index in [1.54, 1.807) is 0 Å². The number of carboxylic acid groups (broad SMARTS) is 2. The summed E-state index contributed by atoms with van der Waals surface area (Å²) in [6.45, 7) is 1.79. The van der Waals surface area contributed by atoms with Gasteiger partial charge >= 0.3 is 11.9 Å². The summed E-state index contributed by atoms with van der Waals surface area (Å²) in [5, 5.41) is 55.7. The quantitative estimate of drug-likeness (QED) is 0.0287. The summed E-state index contributed by atoms with van der Waals surface area (Å²) in [5.41, 5.74) is 21.4. The molecule has 0 aliphatic heterocycles. The Morgan fingerprint density at radius 1 is 0.556 bits per heavy atom. The Kier molecular flexibility index (Phi) is 25.9. The first kappa shape index (κ1) is 56.5. The molecule has 63 heavy (non-hydrogen) atoms. The SMILES string of the molecule is CC(NC(=O)C(N)CCC(N)=O)C(=O)NCC(=O)NC(CCC(=O)O)C(=O)NC(CO)C(=O)NC(CC(N)=O)C(=O)NC(C)C(=O)NC(CCCCN)C(=O)NC(C(=O)O)C(C)O. The van der Waals surface area contributed by atoms with Crippen LogP contribution in [0, 0.1) is 0 Å². The van der Waals surface area contributed by atoms with E-state index in [1.165, 1.54) is 6.92 Å². The van der Waals surface area contributed by atoms with Crippen LogP contribution in [0.1, 0.15) is 72.1 Å². The molecular weight excluding hydrogens is 844 g/mol. The van der Waals surface area contributed by atoms with Crippen LogP contribution in [0.4, 0.5) is 0 Å². The lowest BCUT2D eigenvalue weighted by molar-refractivity contribution is -0.145. The molecule has 10 amide bonds. The molecule has 0 saturated heterocycles. The van der Waals surface area contributed by atoms with Crippen molar-refractivity contribution in [1.82, 2.24) is 42.5 Å². The molecule has 0 fully saturated rings. The molecular formula is C35H60N12O16. The Labute approximate surface area is 360 Å². The minimum Gasteiger partial charge on any atom is -0.481 e. The summed E-state index contributed by atoms with van der Waals surface area (Å²) in [5.74, 6) is -13.2. The maximum Gasteiger partial charge on any atom is 0.328 e. The topological polar surface area (TPSA) is 486 Å². The van der Waals surface area contributed by atoms with Gasteiger partial charge in [-0.1, -0.05) is 0 Å². The van der Waals surface area contributed by atoms with E-state index in [0.717, 1.165) is 13.8 Å². The monoisotopic (exact) mass is 904 g/mol. The summed E-state index contributed by atoms with van der Waals surface area (Å²) in [4.78, 5) is 149. The van der Waals surface area contributed by atoms with Gasteiger partial charge in [0.25, 0.3) is 0 Å². The number of nitrogens with two attached hydrogens (primary N) is 4. The smallest absolute Gasteiger partial charge is 0.328 e. The van der Waals surface area contributed by atoms with Crippen LogP contribution in [0.15, 0.2) is 0 Å². The van der Waals surface area contributed by atoms with Crippen molar-refractivity contribution in [2.45, 2.75) is 127 Å². The van der Waals surface area contributed by atoms with Crippen LogP contribution < -0.4 is 65.5 Å². The normalized spacial score (nSPS) is 15.1. The Morgan fingerprint density at radius 2 is 1.06 bits per heavy atom. The Balaban J connectivity index is 5.80. The third kappa shape index (κ3) is 22.8. The van der Waals surface area contributed by atoms with Crippen LogP contribution in [0.2, 0.25) is 0 Å². The van der Waals surface area contributed by atoms with Gasteiger partial charge in [-0.25, -0.2) is 4.79 Å². The number of carbonyl (C=O) groups is 12. The number of hydrogen-bond donors (Lipinski definition) is 16. The van der Waals surface area contributed by atoms with Crippen LogP contribution in [-0.4, -0.2) is 166 Å². The van der Waals surface area contributed by atoms with Crippen molar-refractivity contribution in [3.05, 3.63) is 0 Å². The van der Waals surface area contributed by atoms with Crippen LogP contribution >= 0.6 is 0 Å². The van der Waals surface area contributed by atoms with Crippen molar-refractivity contribution in [2.75, 3.05) is 19.7 Å². The largest absolute Gasteiger partial charge is 0.481 e. The molecule has 20 N–H and O–H groups in total. The number of aliphatic hydroxyl groups excluding tert-OH is 2. The molecule has 9 unspecified atom stereocenters. The van der Waals surface area contributed by atoms with Crippen molar-refractivity contribution in [1.29, 1.82) is 0 Å². The van der Waals surface area contributed by atoms with Gasteiger partial charge in [-0.2, -0.15) is 0 Å². The van der Waals surface area contributed by atoms with Gasteiger partial charge < -0.3 is 85.9 Å². The molecule has 0 heterocycles. The van der Waals surface area contributed by atoms with Gasteiger partial charge in [-0.05, 0) is 59.4 Å². The number of nitrogens with one attached hydrogen (secondary N) is 8. The summed E-state index contributed by atoms with van der Waals surface area (Å²) >= 11 is 0. The standard InChI is InChI=1S/C35H60N12O16/c1-15(41-30(57)18(37)7-9-23(38)50)28(55)40-13-25(52)43-20(8-10-26(53)54)31(58)46-22(14-48)34(61)45-21(12-24(39)51)33(60)42-16(2)29(56)44-19(6-4-5-11-36)32(59)47-27(17(3)49)35(62)63/h15-22,27,48-49H,4-14,36-37H2,1-3H3,(H2,38,50)(H2,39,51)(H,40,55)(H,41,57)(H,42,60)(H,43,52)(H,44,56)(H,45,61)(H,46,58)(H,47,59)(H,53,54)(H,62,63). The molecule has 0 aromatic rings. The molecule has 28 heteroatoms. The van der Waals surface area contributed by atoms with Crippen LogP contribution in [0.5, 0.6) is 0 Å². The van der Waals surface area contributed by atoms with E-state index < -0.39 is 158 Å². The van der Waals surface area contributed by atoms with Crippen LogP contribution in [0.25, 0.3) is 0 Å². The Bertz CT molecular complexity index is 1660. The summed E-state index contributed by atoms with van der Waals surface area (Å²) in [7, 11) is 0. The molecule has 356 valence electrons. The van der Waals surface area contributed by atoms with Gasteiger partial charge in [0, 0.05) is 12.8 Å². The second kappa shape index (κ2) is 28.9. The number of aliphatic carboxylic acids is 2. The minimum atomic E-state index is -1.91. The number of hydrogen-bond acceptors (Lipinski definition) is 16. The number of rotatable bonds is 31. The molecule has 28 nitrogen and oxygen atoms in total. The van der Waals surface area contributed by atoms with Gasteiger partial charge in [-0.15, -0.1) is 0 Å². The number of unbranched alkanes of at least 4 members (excludes halogenated alkanes) is 1. The second-order valence-corrected chi connectivity index (χ2v) is 14.2. The van der Waals surface area contributed by atoms with Crippen LogP contribution in [0.3, 0.4) is 0 Å². The number of carbonyl (C=O) groups excluding carboxylic acids is 10. The highest BCUT2D eigenvalue weighted by atomic mass is 16.4. The minimum absolute atomic E-state index is 0.0353. The van der Waals surface area contributed by atoms with E-state index in [9.17, 15) is 78.0 Å².